The van der Waals surface area contributed by atoms with Gasteiger partial charge in [0.2, 0.25) is 0 Å². The summed E-state index contributed by atoms with van der Waals surface area (Å²) in [5.74, 6) is 0.847. The number of anilines is 1. The molecule has 0 fully saturated rings. The van der Waals surface area contributed by atoms with Crippen molar-refractivity contribution in [3.63, 3.8) is 0 Å². The van der Waals surface area contributed by atoms with Crippen molar-refractivity contribution in [3.8, 4) is 17.2 Å². The van der Waals surface area contributed by atoms with E-state index in [2.05, 4.69) is 10.4 Å². The van der Waals surface area contributed by atoms with Gasteiger partial charge in [0.1, 0.15) is 0 Å². The maximum absolute atomic E-state index is 12.7. The van der Waals surface area contributed by atoms with Gasteiger partial charge in [0, 0.05) is 25.5 Å². The van der Waals surface area contributed by atoms with Gasteiger partial charge in [-0.05, 0) is 55.3 Å². The first-order valence-electron chi connectivity index (χ1n) is 10.5. The van der Waals surface area contributed by atoms with Gasteiger partial charge in [-0.3, -0.25) is 0 Å². The maximum Gasteiger partial charge on any atom is 0.358 e. The molecule has 1 heterocycles. The number of esters is 1. The number of hydrogen-bond donors (Lipinski definition) is 1. The van der Waals surface area contributed by atoms with Gasteiger partial charge in [-0.1, -0.05) is 12.1 Å². The Morgan fingerprint density at radius 1 is 1.06 bits per heavy atom. The number of carbonyl (C=O) groups excluding carboxylic acids is 2. The van der Waals surface area contributed by atoms with Crippen molar-refractivity contribution in [2.45, 2.75) is 13.3 Å². The van der Waals surface area contributed by atoms with Crippen molar-refractivity contribution in [1.29, 1.82) is 0 Å². The molecule has 33 heavy (non-hydrogen) atoms. The van der Waals surface area contributed by atoms with E-state index in [9.17, 15) is 9.59 Å². The van der Waals surface area contributed by atoms with Gasteiger partial charge in [0.15, 0.2) is 17.2 Å². The van der Waals surface area contributed by atoms with Crippen LogP contribution >= 0.6 is 0 Å². The average molecular weight is 453 g/mol. The van der Waals surface area contributed by atoms with E-state index in [1.165, 1.54) is 0 Å². The lowest BCUT2D eigenvalue weighted by Gasteiger charge is -2.18. The number of hydrogen-bond acceptors (Lipinski definition) is 6. The summed E-state index contributed by atoms with van der Waals surface area (Å²) in [5.41, 5.74) is 2.58. The van der Waals surface area contributed by atoms with E-state index in [1.54, 1.807) is 68.2 Å². The Kier molecular flexibility index (Phi) is 7.91. The van der Waals surface area contributed by atoms with E-state index in [0.717, 1.165) is 5.56 Å². The lowest BCUT2D eigenvalue weighted by atomic mass is 10.1. The molecule has 0 radical (unpaired) electrons. The largest absolute Gasteiger partial charge is 0.493 e. The van der Waals surface area contributed by atoms with Crippen molar-refractivity contribution in [3.05, 3.63) is 66.0 Å². The molecule has 9 nitrogen and oxygen atoms in total. The topological polar surface area (TPSA) is 94.9 Å². The minimum absolute atomic E-state index is 0.223. The van der Waals surface area contributed by atoms with Crippen LogP contribution in [0.4, 0.5) is 10.5 Å². The summed E-state index contributed by atoms with van der Waals surface area (Å²) >= 11 is 0. The second-order valence-corrected chi connectivity index (χ2v) is 7.21. The predicted molar refractivity (Wildman–Crippen MR) is 124 cm³/mol. The van der Waals surface area contributed by atoms with Gasteiger partial charge in [0.05, 0.1) is 26.5 Å². The van der Waals surface area contributed by atoms with E-state index in [4.69, 9.17) is 14.2 Å². The first-order chi connectivity index (χ1) is 15.9. The van der Waals surface area contributed by atoms with Crippen molar-refractivity contribution >= 4 is 17.7 Å². The number of rotatable bonds is 9. The number of nitrogens with zero attached hydrogens (tertiary/aromatic N) is 3. The number of urea groups is 1. The monoisotopic (exact) mass is 452 g/mol. The molecule has 0 saturated heterocycles. The molecule has 0 aliphatic rings. The molecule has 0 bridgehead atoms. The Hall–Kier alpha value is -4.01. The van der Waals surface area contributed by atoms with Gasteiger partial charge in [-0.25, -0.2) is 14.3 Å². The minimum Gasteiger partial charge on any atom is -0.493 e. The molecular formula is C24H28N4O5. The molecule has 9 heteroatoms. The summed E-state index contributed by atoms with van der Waals surface area (Å²) in [6.07, 6.45) is 2.33. The summed E-state index contributed by atoms with van der Waals surface area (Å²) in [6, 6.07) is 14.3. The Labute approximate surface area is 192 Å². The van der Waals surface area contributed by atoms with Crippen LogP contribution in [0.15, 0.2) is 54.7 Å². The lowest BCUT2D eigenvalue weighted by Crippen LogP contribution is -2.33. The molecule has 0 spiro atoms. The number of nitrogens with one attached hydrogen (secondary N) is 1. The third-order valence-electron chi connectivity index (χ3n) is 4.97. The van der Waals surface area contributed by atoms with E-state index in [1.807, 2.05) is 24.3 Å². The Balaban J connectivity index is 1.60. The van der Waals surface area contributed by atoms with E-state index >= 15 is 0 Å². The van der Waals surface area contributed by atoms with Crippen LogP contribution in [0.2, 0.25) is 0 Å². The maximum atomic E-state index is 12.7. The Bertz CT molecular complexity index is 1110. The minimum atomic E-state index is -0.475. The molecule has 2 amide bonds. The molecular weight excluding hydrogens is 424 g/mol. The third kappa shape index (κ3) is 6.03. The van der Waals surface area contributed by atoms with Crippen LogP contribution in [0.5, 0.6) is 11.5 Å². The Morgan fingerprint density at radius 2 is 1.85 bits per heavy atom. The zero-order valence-corrected chi connectivity index (χ0v) is 19.2. The van der Waals surface area contributed by atoms with Crippen LogP contribution in [0, 0.1) is 0 Å². The zero-order valence-electron chi connectivity index (χ0n) is 19.2. The highest BCUT2D eigenvalue weighted by atomic mass is 16.5. The van der Waals surface area contributed by atoms with E-state index in [0.29, 0.717) is 35.8 Å². The van der Waals surface area contributed by atoms with Crippen LogP contribution in [0.25, 0.3) is 5.69 Å². The average Bonchev–Trinajstić information content (AvgIpc) is 3.33. The second kappa shape index (κ2) is 11.0. The van der Waals surface area contributed by atoms with E-state index < -0.39 is 5.97 Å². The lowest BCUT2D eigenvalue weighted by molar-refractivity contribution is 0.0519. The standard InChI is InChI=1S/C24H28N4O5/c1-5-33-23(29)20-12-14-28(26-20)19-8-6-7-18(16-19)25-24(30)27(2)13-11-17-9-10-21(31-3)22(15-17)32-4/h6-10,12,14-16H,5,11,13H2,1-4H3,(H,25,30). The first kappa shape index (κ1) is 23.6. The van der Waals surface area contributed by atoms with Crippen LogP contribution in [0.1, 0.15) is 23.0 Å². The first-order valence-corrected chi connectivity index (χ1v) is 10.5. The molecule has 0 atom stereocenters. The van der Waals surface area contributed by atoms with Crippen LogP contribution in [-0.4, -0.2) is 61.1 Å². The highest BCUT2D eigenvalue weighted by molar-refractivity contribution is 5.89. The SMILES string of the molecule is CCOC(=O)c1ccn(-c2cccc(NC(=O)N(C)CCc3ccc(OC)c(OC)c3)c2)n1. The predicted octanol–water partition coefficient (Wildman–Crippen LogP) is 3.77. The van der Waals surface area contributed by atoms with Crippen molar-refractivity contribution in [2.24, 2.45) is 0 Å². The fourth-order valence-corrected chi connectivity index (χ4v) is 3.16. The molecule has 0 saturated carbocycles. The van der Waals surface area contributed by atoms with E-state index in [-0.39, 0.29) is 18.3 Å². The quantitative estimate of drug-likeness (QED) is 0.497. The van der Waals surface area contributed by atoms with Gasteiger partial charge in [0.25, 0.3) is 0 Å². The van der Waals surface area contributed by atoms with Gasteiger partial charge in [-0.15, -0.1) is 0 Å². The Morgan fingerprint density at radius 3 is 2.58 bits per heavy atom. The molecule has 0 aliphatic carbocycles. The summed E-state index contributed by atoms with van der Waals surface area (Å²) < 4.78 is 17.1. The number of benzene rings is 2. The smallest absolute Gasteiger partial charge is 0.358 e. The molecule has 0 aliphatic heterocycles. The van der Waals surface area contributed by atoms with Gasteiger partial charge >= 0.3 is 12.0 Å². The second-order valence-electron chi connectivity index (χ2n) is 7.21. The van der Waals surface area contributed by atoms with Gasteiger partial charge in [-0.2, -0.15) is 5.10 Å². The number of aromatic nitrogens is 2. The normalized spacial score (nSPS) is 10.4. The van der Waals surface area contributed by atoms with Crippen LogP contribution in [-0.2, 0) is 11.2 Å². The molecule has 1 N–H and O–H groups in total. The summed E-state index contributed by atoms with van der Waals surface area (Å²) in [7, 11) is 4.92. The zero-order chi connectivity index (χ0) is 23.8. The highest BCUT2D eigenvalue weighted by Crippen LogP contribution is 2.27. The van der Waals surface area contributed by atoms with Crippen LogP contribution < -0.4 is 14.8 Å². The molecule has 0 unspecified atom stereocenters. The number of amides is 2. The van der Waals surface area contributed by atoms with Crippen LogP contribution in [0.3, 0.4) is 0 Å². The number of likely N-dealkylation sites (N-methyl/N-ethyl adjacent to an activating group) is 1. The molecule has 3 aromatic rings. The summed E-state index contributed by atoms with van der Waals surface area (Å²) in [6.45, 7) is 2.54. The molecule has 3 rings (SSSR count). The van der Waals surface area contributed by atoms with Crippen molar-refractivity contribution in [1.82, 2.24) is 14.7 Å². The number of methoxy groups -OCH3 is 2. The molecule has 174 valence electrons. The summed E-state index contributed by atoms with van der Waals surface area (Å²) in [4.78, 5) is 26.1. The van der Waals surface area contributed by atoms with Gasteiger partial charge < -0.3 is 24.4 Å². The number of carbonyl (C=O) groups is 2. The highest BCUT2D eigenvalue weighted by Gasteiger charge is 2.13. The molecule has 2 aromatic carbocycles. The number of ether oxygens (including phenoxy) is 3. The molecule has 1 aromatic heterocycles. The fourth-order valence-electron chi connectivity index (χ4n) is 3.16. The third-order valence-corrected chi connectivity index (χ3v) is 4.97. The summed E-state index contributed by atoms with van der Waals surface area (Å²) in [5, 5.41) is 7.13. The van der Waals surface area contributed by atoms with Crippen molar-refractivity contribution < 1.29 is 23.8 Å². The van der Waals surface area contributed by atoms with Crippen molar-refractivity contribution in [2.75, 3.05) is 39.7 Å². The fraction of sp³-hybridized carbons (Fsp3) is 0.292.